The second-order valence-electron chi connectivity index (χ2n) is 8.33. The number of nitrogen functional groups attached to an aromatic ring is 1. The molecular weight excluding hydrogens is 453 g/mol. The molecule has 1 aliphatic heterocycles. The number of thiazole rings is 1. The van der Waals surface area contributed by atoms with Crippen molar-refractivity contribution in [1.29, 1.82) is 5.41 Å². The van der Waals surface area contributed by atoms with Gasteiger partial charge in [-0.2, -0.15) is 0 Å². The number of benzene rings is 1. The molecule has 3 aromatic rings. The van der Waals surface area contributed by atoms with Crippen LogP contribution in [0.25, 0.3) is 11.3 Å². The van der Waals surface area contributed by atoms with Crippen molar-refractivity contribution < 1.29 is 0 Å². The van der Waals surface area contributed by atoms with Gasteiger partial charge in [-0.3, -0.25) is 10.4 Å². The molecule has 1 atom stereocenters. The second kappa shape index (κ2) is 8.96. The van der Waals surface area contributed by atoms with Gasteiger partial charge in [-0.25, -0.2) is 4.98 Å². The molecule has 1 fully saturated rings. The molecule has 0 radical (unpaired) electrons. The Hall–Kier alpha value is -2.22. The fourth-order valence-electron chi connectivity index (χ4n) is 4.66. The minimum absolute atomic E-state index is 0.102. The van der Waals surface area contributed by atoms with E-state index >= 15 is 0 Å². The monoisotopic (exact) mass is 478 g/mol. The Morgan fingerprint density at radius 1 is 1.19 bits per heavy atom. The van der Waals surface area contributed by atoms with Gasteiger partial charge >= 0.3 is 0 Å². The van der Waals surface area contributed by atoms with E-state index in [-0.39, 0.29) is 5.84 Å². The first-order chi connectivity index (χ1) is 15.6. The van der Waals surface area contributed by atoms with Crippen molar-refractivity contribution in [2.75, 3.05) is 6.26 Å². The highest BCUT2D eigenvalue weighted by atomic mass is 32.2. The number of hydrogen-bond acceptors (Lipinski definition) is 6. The van der Waals surface area contributed by atoms with Crippen molar-refractivity contribution in [2.45, 2.75) is 47.8 Å². The average Bonchev–Trinajstić information content (AvgIpc) is 3.59. The summed E-state index contributed by atoms with van der Waals surface area (Å²) in [5.74, 6) is 0.798. The molecule has 7 heteroatoms. The van der Waals surface area contributed by atoms with Crippen molar-refractivity contribution >= 4 is 46.5 Å². The van der Waals surface area contributed by atoms with Gasteiger partial charge in [0.2, 0.25) is 0 Å². The summed E-state index contributed by atoms with van der Waals surface area (Å²) in [5, 5.41) is 10.9. The summed E-state index contributed by atoms with van der Waals surface area (Å²) in [6.45, 7) is 0. The maximum absolute atomic E-state index is 7.79. The van der Waals surface area contributed by atoms with E-state index in [4.69, 9.17) is 21.1 Å². The van der Waals surface area contributed by atoms with Gasteiger partial charge in [-0.15, -0.1) is 34.4 Å². The first-order valence-corrected chi connectivity index (χ1v) is 13.8. The molecule has 1 unspecified atom stereocenters. The maximum Gasteiger partial charge on any atom is 0.155 e. The number of nitrogens with one attached hydrogen (secondary N) is 1. The third-order valence-electron chi connectivity index (χ3n) is 6.38. The molecule has 0 bridgehead atoms. The first-order valence-electron chi connectivity index (χ1n) is 10.9. The Bertz CT molecular complexity index is 1170. The van der Waals surface area contributed by atoms with Crippen molar-refractivity contribution in [3.8, 4) is 11.3 Å². The number of rotatable bonds is 6. The van der Waals surface area contributed by atoms with Gasteiger partial charge in [0, 0.05) is 17.2 Å². The van der Waals surface area contributed by atoms with Gasteiger partial charge in [0.25, 0.3) is 0 Å². The fourth-order valence-corrected chi connectivity index (χ4v) is 7.38. The highest BCUT2D eigenvalue weighted by molar-refractivity contribution is 8.00. The molecule has 2 aromatic heterocycles. The van der Waals surface area contributed by atoms with Crippen LogP contribution in [0.2, 0.25) is 0 Å². The number of nitrogens with zero attached hydrogens (tertiary/aromatic N) is 2. The predicted molar refractivity (Wildman–Crippen MR) is 139 cm³/mol. The zero-order valence-electron chi connectivity index (χ0n) is 18.0. The third-order valence-corrected chi connectivity index (χ3v) is 9.65. The van der Waals surface area contributed by atoms with E-state index in [1.807, 2.05) is 24.6 Å². The van der Waals surface area contributed by atoms with Crippen LogP contribution in [0.5, 0.6) is 0 Å². The zero-order chi connectivity index (χ0) is 22.1. The zero-order valence-corrected chi connectivity index (χ0v) is 20.5. The summed E-state index contributed by atoms with van der Waals surface area (Å²) in [6.07, 6.45) is 14.8. The van der Waals surface area contributed by atoms with Crippen molar-refractivity contribution in [1.82, 2.24) is 4.98 Å². The second-order valence-corrected chi connectivity index (χ2v) is 11.3. The van der Waals surface area contributed by atoms with E-state index in [1.54, 1.807) is 34.4 Å². The number of aromatic nitrogens is 1. The molecule has 32 heavy (non-hydrogen) atoms. The Morgan fingerprint density at radius 3 is 2.62 bits per heavy atom. The number of thiophene rings is 1. The quantitative estimate of drug-likeness (QED) is 0.232. The summed E-state index contributed by atoms with van der Waals surface area (Å²) in [6, 6.07) is 11.1. The van der Waals surface area contributed by atoms with Crippen LogP contribution >= 0.6 is 34.4 Å². The van der Waals surface area contributed by atoms with Crippen molar-refractivity contribution in [2.24, 2.45) is 10.7 Å². The summed E-state index contributed by atoms with van der Waals surface area (Å²) in [7, 11) is 0. The number of hydrogen-bond donors (Lipinski definition) is 2. The van der Waals surface area contributed by atoms with E-state index in [0.717, 1.165) is 30.9 Å². The Kier molecular flexibility index (Phi) is 6.05. The smallest absolute Gasteiger partial charge is 0.155 e. The molecule has 1 aliphatic carbocycles. The average molecular weight is 479 g/mol. The normalized spacial score (nSPS) is 20.8. The summed E-state index contributed by atoms with van der Waals surface area (Å²) in [5.41, 5.74) is 9.75. The van der Waals surface area contributed by atoms with Crippen LogP contribution in [-0.2, 0) is 5.54 Å². The predicted octanol–water partition coefficient (Wildman–Crippen LogP) is 6.81. The van der Waals surface area contributed by atoms with Gasteiger partial charge < -0.3 is 5.73 Å². The van der Waals surface area contributed by atoms with Crippen LogP contribution < -0.4 is 5.73 Å². The first kappa shape index (κ1) is 21.6. The van der Waals surface area contributed by atoms with E-state index < -0.39 is 5.54 Å². The van der Waals surface area contributed by atoms with Crippen LogP contribution in [0, 0.1) is 5.41 Å². The SMILES string of the molecule is CSc1sc(C(=N)N)cc1-c1csc(C2(c3ccc(C4CCCCC4)cc3)C=CC=N2)n1. The van der Waals surface area contributed by atoms with Crippen LogP contribution in [0.4, 0.5) is 0 Å². The molecule has 0 spiro atoms. The summed E-state index contributed by atoms with van der Waals surface area (Å²) in [4.78, 5) is 10.7. The highest BCUT2D eigenvalue weighted by Gasteiger charge is 2.36. The van der Waals surface area contributed by atoms with Gasteiger partial charge in [0.1, 0.15) is 10.8 Å². The molecule has 1 saturated carbocycles. The van der Waals surface area contributed by atoms with Gasteiger partial charge in [0.15, 0.2) is 5.54 Å². The van der Waals surface area contributed by atoms with Crippen LogP contribution in [0.15, 0.2) is 57.1 Å². The van der Waals surface area contributed by atoms with Crippen LogP contribution in [0.1, 0.15) is 59.0 Å². The van der Waals surface area contributed by atoms with Crippen LogP contribution in [-0.4, -0.2) is 23.3 Å². The lowest BCUT2D eigenvalue weighted by Crippen LogP contribution is -2.21. The van der Waals surface area contributed by atoms with E-state index in [1.165, 1.54) is 37.7 Å². The molecule has 2 aliphatic rings. The van der Waals surface area contributed by atoms with E-state index in [9.17, 15) is 0 Å². The molecule has 5 rings (SSSR count). The van der Waals surface area contributed by atoms with E-state index in [2.05, 4.69) is 35.7 Å². The van der Waals surface area contributed by atoms with Crippen LogP contribution in [0.3, 0.4) is 0 Å². The Labute approximate surface area is 201 Å². The summed E-state index contributed by atoms with van der Waals surface area (Å²) < 4.78 is 1.13. The Balaban J connectivity index is 1.49. The lowest BCUT2D eigenvalue weighted by Gasteiger charge is -2.25. The molecule has 3 N–H and O–H groups in total. The lowest BCUT2D eigenvalue weighted by molar-refractivity contribution is 0.443. The van der Waals surface area contributed by atoms with Crippen molar-refractivity contribution in [3.63, 3.8) is 0 Å². The number of aliphatic imine (C=N–C) groups is 1. The molecule has 3 heterocycles. The standard InChI is InChI=1S/C25H26N4S3/c1-30-23-19(14-21(32-23)22(26)27)20-15-31-24(29-20)25(12-5-13-28-25)18-10-8-17(9-11-18)16-6-3-2-4-7-16/h5,8-16H,2-4,6-7H2,1H3,(H3,26,27). The fraction of sp³-hybridized carbons (Fsp3) is 0.320. The number of thioether (sulfide) groups is 1. The highest BCUT2D eigenvalue weighted by Crippen LogP contribution is 2.44. The topological polar surface area (TPSA) is 75.1 Å². The minimum Gasteiger partial charge on any atom is -0.383 e. The maximum atomic E-state index is 7.79. The molecule has 0 amide bonds. The van der Waals surface area contributed by atoms with Gasteiger partial charge in [-0.1, -0.05) is 43.5 Å². The van der Waals surface area contributed by atoms with E-state index in [0.29, 0.717) is 5.92 Å². The molecule has 0 saturated heterocycles. The molecule has 1 aromatic carbocycles. The molecular formula is C25H26N4S3. The van der Waals surface area contributed by atoms with Gasteiger partial charge in [-0.05, 0) is 54.4 Å². The summed E-state index contributed by atoms with van der Waals surface area (Å²) >= 11 is 4.86. The Morgan fingerprint density at radius 2 is 1.97 bits per heavy atom. The number of nitrogens with two attached hydrogens (primary N) is 1. The van der Waals surface area contributed by atoms with Gasteiger partial charge in [0.05, 0.1) is 14.8 Å². The third kappa shape index (κ3) is 3.87. The largest absolute Gasteiger partial charge is 0.383 e. The minimum atomic E-state index is -0.563. The lowest BCUT2D eigenvalue weighted by atomic mass is 9.82. The number of allylic oxidation sites excluding steroid dienone is 1. The number of amidine groups is 1. The molecule has 4 nitrogen and oxygen atoms in total. The van der Waals surface area contributed by atoms with Crippen molar-refractivity contribution in [3.05, 3.63) is 68.9 Å². The molecule has 164 valence electrons.